The molecule has 0 fully saturated rings. The lowest BCUT2D eigenvalue weighted by molar-refractivity contribution is -0.384. The Bertz CT molecular complexity index is 1160. The quantitative estimate of drug-likeness (QED) is 0.414. The number of nitrogens with one attached hydrogen (secondary N) is 1. The van der Waals surface area contributed by atoms with Crippen molar-refractivity contribution in [3.8, 4) is 5.75 Å². The molecule has 3 aromatic rings. The number of rotatable bonds is 8. The number of amides is 1. The molecule has 0 saturated heterocycles. The summed E-state index contributed by atoms with van der Waals surface area (Å²) in [7, 11) is -3.85. The molecule has 8 nitrogen and oxygen atoms in total. The average molecular weight is 440 g/mol. The van der Waals surface area contributed by atoms with Crippen molar-refractivity contribution in [1.82, 2.24) is 0 Å². The minimum atomic E-state index is -3.85. The van der Waals surface area contributed by atoms with E-state index in [9.17, 15) is 23.3 Å². The first kappa shape index (κ1) is 22.0. The van der Waals surface area contributed by atoms with E-state index in [4.69, 9.17) is 4.74 Å². The van der Waals surface area contributed by atoms with Gasteiger partial charge in [0.25, 0.3) is 11.6 Å². The van der Waals surface area contributed by atoms with Gasteiger partial charge in [-0.05, 0) is 55.0 Å². The Morgan fingerprint density at radius 3 is 2.03 bits per heavy atom. The molecule has 1 amide bonds. The summed E-state index contributed by atoms with van der Waals surface area (Å²) in [4.78, 5) is 22.6. The molecule has 0 heterocycles. The van der Waals surface area contributed by atoms with Crippen LogP contribution >= 0.6 is 0 Å². The zero-order valence-corrected chi connectivity index (χ0v) is 17.4. The summed E-state index contributed by atoms with van der Waals surface area (Å²) in [5, 5.41) is 13.5. The van der Waals surface area contributed by atoms with E-state index in [0.717, 1.165) is 12.1 Å². The van der Waals surface area contributed by atoms with Crippen LogP contribution in [0.25, 0.3) is 0 Å². The number of anilines is 1. The molecule has 31 heavy (non-hydrogen) atoms. The summed E-state index contributed by atoms with van der Waals surface area (Å²) >= 11 is 0. The maximum Gasteiger partial charge on any atom is 0.269 e. The van der Waals surface area contributed by atoms with Crippen molar-refractivity contribution in [2.45, 2.75) is 29.2 Å². The lowest BCUT2D eigenvalue weighted by atomic mass is 10.2. The number of nitro groups is 1. The standard InChI is InChI=1S/C22H20N2O6S/c1-2-21(30-18-6-4-3-5-7-18)22(25)23-16-8-12-19(13-9-16)31(28,29)20-14-10-17(11-15-20)24(26)27/h3-15,21H,2H2,1H3,(H,23,25)/t21-/m1/s1. The lowest BCUT2D eigenvalue weighted by Gasteiger charge is -2.17. The van der Waals surface area contributed by atoms with Crippen LogP contribution in [0.4, 0.5) is 11.4 Å². The van der Waals surface area contributed by atoms with Crippen molar-refractivity contribution in [3.05, 3.63) is 89.0 Å². The number of nitrogens with zero attached hydrogens (tertiary/aromatic N) is 1. The predicted molar refractivity (Wildman–Crippen MR) is 115 cm³/mol. The van der Waals surface area contributed by atoms with Crippen LogP contribution in [-0.4, -0.2) is 25.4 Å². The Morgan fingerprint density at radius 1 is 0.968 bits per heavy atom. The summed E-state index contributed by atoms with van der Waals surface area (Å²) in [6.07, 6.45) is -0.251. The smallest absolute Gasteiger partial charge is 0.269 e. The molecule has 3 aromatic carbocycles. The van der Waals surface area contributed by atoms with Gasteiger partial charge in [0.15, 0.2) is 6.10 Å². The maximum absolute atomic E-state index is 12.7. The van der Waals surface area contributed by atoms with Crippen molar-refractivity contribution >= 4 is 27.1 Å². The fourth-order valence-electron chi connectivity index (χ4n) is 2.81. The SMILES string of the molecule is CC[C@@H](Oc1ccccc1)C(=O)Nc1ccc(S(=O)(=O)c2ccc([N+](=O)[O-])cc2)cc1. The van der Waals surface area contributed by atoms with Crippen LogP contribution in [0.2, 0.25) is 0 Å². The average Bonchev–Trinajstić information content (AvgIpc) is 2.78. The monoisotopic (exact) mass is 440 g/mol. The second-order valence-electron chi connectivity index (χ2n) is 6.60. The molecule has 0 radical (unpaired) electrons. The molecule has 0 aromatic heterocycles. The minimum absolute atomic E-state index is 0.00642. The molecule has 0 spiro atoms. The zero-order valence-electron chi connectivity index (χ0n) is 16.6. The molecule has 0 saturated carbocycles. The first-order valence-corrected chi connectivity index (χ1v) is 10.9. The summed E-state index contributed by atoms with van der Waals surface area (Å²) < 4.78 is 31.2. The molecule has 1 atom stereocenters. The van der Waals surface area contributed by atoms with Crippen LogP contribution in [0.15, 0.2) is 88.7 Å². The Balaban J connectivity index is 1.71. The number of ether oxygens (including phenoxy) is 1. The highest BCUT2D eigenvalue weighted by molar-refractivity contribution is 7.91. The zero-order chi connectivity index (χ0) is 22.4. The van der Waals surface area contributed by atoms with Crippen LogP contribution in [0.3, 0.4) is 0 Å². The molecule has 1 N–H and O–H groups in total. The van der Waals surface area contributed by atoms with Gasteiger partial charge in [0.2, 0.25) is 9.84 Å². The molecular weight excluding hydrogens is 420 g/mol. The number of para-hydroxylation sites is 1. The topological polar surface area (TPSA) is 116 Å². The maximum atomic E-state index is 12.7. The molecule has 0 bridgehead atoms. The minimum Gasteiger partial charge on any atom is -0.481 e. The first-order chi connectivity index (χ1) is 14.8. The fourth-order valence-corrected chi connectivity index (χ4v) is 4.07. The number of carbonyl (C=O) groups is 1. The van der Waals surface area contributed by atoms with Crippen molar-refractivity contribution in [1.29, 1.82) is 0 Å². The lowest BCUT2D eigenvalue weighted by Crippen LogP contribution is -2.32. The highest BCUT2D eigenvalue weighted by atomic mass is 32.2. The molecule has 0 aliphatic heterocycles. The van der Waals surface area contributed by atoms with E-state index in [1.54, 1.807) is 12.1 Å². The molecule has 0 aliphatic rings. The largest absolute Gasteiger partial charge is 0.481 e. The molecule has 0 unspecified atom stereocenters. The van der Waals surface area contributed by atoms with E-state index in [-0.39, 0.29) is 21.4 Å². The van der Waals surface area contributed by atoms with Crippen LogP contribution < -0.4 is 10.1 Å². The van der Waals surface area contributed by atoms with Gasteiger partial charge in [-0.15, -0.1) is 0 Å². The van der Waals surface area contributed by atoms with Gasteiger partial charge in [0.1, 0.15) is 5.75 Å². The van der Waals surface area contributed by atoms with Gasteiger partial charge in [0, 0.05) is 17.8 Å². The number of sulfone groups is 1. The fraction of sp³-hybridized carbons (Fsp3) is 0.136. The van der Waals surface area contributed by atoms with Crippen LogP contribution in [0.5, 0.6) is 5.75 Å². The number of benzene rings is 3. The summed E-state index contributed by atoms with van der Waals surface area (Å²) in [6.45, 7) is 1.83. The number of nitro benzene ring substituents is 1. The van der Waals surface area contributed by atoms with E-state index in [0.29, 0.717) is 17.9 Å². The first-order valence-electron chi connectivity index (χ1n) is 9.43. The van der Waals surface area contributed by atoms with Crippen LogP contribution in [0.1, 0.15) is 13.3 Å². The number of non-ortho nitro benzene ring substituents is 1. The third kappa shape index (κ3) is 5.26. The van der Waals surface area contributed by atoms with E-state index in [2.05, 4.69) is 5.32 Å². The molecular formula is C22H20N2O6S. The van der Waals surface area contributed by atoms with E-state index < -0.39 is 20.9 Å². The van der Waals surface area contributed by atoms with Crippen LogP contribution in [0, 0.1) is 10.1 Å². The van der Waals surface area contributed by atoms with Gasteiger partial charge in [-0.1, -0.05) is 25.1 Å². The molecule has 160 valence electrons. The van der Waals surface area contributed by atoms with Crippen molar-refractivity contribution < 1.29 is 22.9 Å². The van der Waals surface area contributed by atoms with E-state index in [1.165, 1.54) is 36.4 Å². The highest BCUT2D eigenvalue weighted by Crippen LogP contribution is 2.24. The molecule has 9 heteroatoms. The summed E-state index contributed by atoms with van der Waals surface area (Å²) in [6, 6.07) is 19.3. The van der Waals surface area contributed by atoms with Gasteiger partial charge in [-0.3, -0.25) is 14.9 Å². The van der Waals surface area contributed by atoms with Crippen molar-refractivity contribution in [3.63, 3.8) is 0 Å². The van der Waals surface area contributed by atoms with Gasteiger partial charge in [0.05, 0.1) is 14.7 Å². The normalized spacial score (nSPS) is 12.0. The van der Waals surface area contributed by atoms with Crippen molar-refractivity contribution in [2.75, 3.05) is 5.32 Å². The van der Waals surface area contributed by atoms with Gasteiger partial charge in [-0.25, -0.2) is 8.42 Å². The van der Waals surface area contributed by atoms with E-state index in [1.807, 2.05) is 25.1 Å². The Labute approximate surface area is 179 Å². The highest BCUT2D eigenvalue weighted by Gasteiger charge is 2.21. The third-order valence-corrected chi connectivity index (χ3v) is 6.26. The number of hydrogen-bond acceptors (Lipinski definition) is 6. The molecule has 0 aliphatic carbocycles. The Hall–Kier alpha value is -3.72. The number of hydrogen-bond donors (Lipinski definition) is 1. The summed E-state index contributed by atoms with van der Waals surface area (Å²) in [5.41, 5.74) is 0.225. The number of carbonyl (C=O) groups excluding carboxylic acids is 1. The summed E-state index contributed by atoms with van der Waals surface area (Å²) in [5.74, 6) is 0.228. The second-order valence-corrected chi connectivity index (χ2v) is 8.55. The van der Waals surface area contributed by atoms with Gasteiger partial charge < -0.3 is 10.1 Å². The second kappa shape index (κ2) is 9.40. The predicted octanol–water partition coefficient (Wildman–Crippen LogP) is 4.22. The van der Waals surface area contributed by atoms with Gasteiger partial charge >= 0.3 is 0 Å². The van der Waals surface area contributed by atoms with Crippen molar-refractivity contribution in [2.24, 2.45) is 0 Å². The molecule has 3 rings (SSSR count). The van der Waals surface area contributed by atoms with Crippen LogP contribution in [-0.2, 0) is 14.6 Å². The third-order valence-electron chi connectivity index (χ3n) is 4.47. The Kier molecular flexibility index (Phi) is 6.66. The van der Waals surface area contributed by atoms with E-state index >= 15 is 0 Å². The Morgan fingerprint density at radius 2 is 1.52 bits per heavy atom. The van der Waals surface area contributed by atoms with Gasteiger partial charge in [-0.2, -0.15) is 0 Å².